The van der Waals surface area contributed by atoms with E-state index in [0.29, 0.717) is 16.6 Å². The molecule has 0 amide bonds. The van der Waals surface area contributed by atoms with Gasteiger partial charge in [0.25, 0.3) is 11.4 Å². The summed E-state index contributed by atoms with van der Waals surface area (Å²) in [6.45, 7) is 0.544. The lowest BCUT2D eigenvalue weighted by atomic mass is 10.1. The Hall–Kier alpha value is -3.36. The summed E-state index contributed by atoms with van der Waals surface area (Å²) in [6, 6.07) is 14.3. The number of benzene rings is 3. The highest BCUT2D eigenvalue weighted by Crippen LogP contribution is 2.33. The van der Waals surface area contributed by atoms with Crippen molar-refractivity contribution in [2.75, 3.05) is 6.61 Å². The van der Waals surface area contributed by atoms with Crippen LogP contribution in [0.5, 0.6) is 5.75 Å². The van der Waals surface area contributed by atoms with E-state index in [2.05, 4.69) is 0 Å². The molecule has 0 saturated heterocycles. The molecule has 1 aromatic heterocycles. The molecule has 4 rings (SSSR count). The lowest BCUT2D eigenvalue weighted by Crippen LogP contribution is -2.08. The van der Waals surface area contributed by atoms with Crippen molar-refractivity contribution in [3.8, 4) is 5.75 Å². The van der Waals surface area contributed by atoms with E-state index in [9.17, 15) is 20.2 Å². The van der Waals surface area contributed by atoms with Crippen molar-refractivity contribution in [3.05, 3.63) is 84.9 Å². The van der Waals surface area contributed by atoms with Gasteiger partial charge in [0.1, 0.15) is 12.4 Å². The topological polar surface area (TPSA) is 100 Å². The van der Waals surface area contributed by atoms with Crippen LogP contribution in [0.25, 0.3) is 21.8 Å². The molecule has 8 nitrogen and oxygen atoms in total. The molecule has 0 fully saturated rings. The van der Waals surface area contributed by atoms with Gasteiger partial charge in [-0.25, -0.2) is 0 Å². The maximum absolute atomic E-state index is 11.0. The predicted molar refractivity (Wildman–Crippen MR) is 115 cm³/mol. The first-order valence-electron chi connectivity index (χ1n) is 8.77. The third-order valence-corrected chi connectivity index (χ3v) is 5.14. The Kier molecular flexibility index (Phi) is 5.19. The summed E-state index contributed by atoms with van der Waals surface area (Å²) in [4.78, 5) is 20.7. The number of hydrogen-bond donors (Lipinski definition) is 0. The summed E-state index contributed by atoms with van der Waals surface area (Å²) in [7, 11) is 0. The number of nitro groups is 2. The molecule has 3 aromatic carbocycles. The van der Waals surface area contributed by atoms with Crippen LogP contribution >= 0.6 is 23.2 Å². The molecule has 0 aliphatic rings. The number of fused-ring (bicyclic) bond motifs is 3. The summed E-state index contributed by atoms with van der Waals surface area (Å²) in [6.07, 6.45) is 0. The SMILES string of the molecule is O=[N+]([O-])c1cc(OCCn2c3ccc(Cl)cc3c3cc(Cl)ccc32)cc([N+](=O)[O-])c1. The third kappa shape index (κ3) is 3.74. The molecule has 0 atom stereocenters. The largest absolute Gasteiger partial charge is 0.491 e. The van der Waals surface area contributed by atoms with Gasteiger partial charge < -0.3 is 9.30 Å². The highest BCUT2D eigenvalue weighted by Gasteiger charge is 2.17. The van der Waals surface area contributed by atoms with E-state index in [1.54, 1.807) is 12.1 Å². The van der Waals surface area contributed by atoms with E-state index >= 15 is 0 Å². The molecule has 4 aromatic rings. The summed E-state index contributed by atoms with van der Waals surface area (Å²) < 4.78 is 7.64. The third-order valence-electron chi connectivity index (χ3n) is 4.67. The van der Waals surface area contributed by atoms with Crippen LogP contribution in [0.4, 0.5) is 11.4 Å². The average molecular weight is 446 g/mol. The lowest BCUT2D eigenvalue weighted by Gasteiger charge is -2.10. The Bertz CT molecular complexity index is 1230. The van der Waals surface area contributed by atoms with Gasteiger partial charge in [-0.15, -0.1) is 0 Å². The minimum absolute atomic E-state index is 0.0581. The standard InChI is InChI=1S/C20H13Cl2N3O5/c21-12-1-3-19-17(7-12)18-8-13(22)2-4-20(18)23(19)5-6-30-16-10-14(24(26)27)9-15(11-16)25(28)29/h1-4,7-11H,5-6H2. The fourth-order valence-electron chi connectivity index (χ4n) is 3.41. The molecule has 0 spiro atoms. The molecule has 0 bridgehead atoms. The molecule has 1 heterocycles. The smallest absolute Gasteiger partial charge is 0.280 e. The van der Waals surface area contributed by atoms with Crippen LogP contribution in [0, 0.1) is 20.2 Å². The predicted octanol–water partition coefficient (Wildman–Crippen LogP) is 6.00. The number of non-ortho nitro benzene ring substituents is 2. The van der Waals surface area contributed by atoms with E-state index in [4.69, 9.17) is 27.9 Å². The Morgan fingerprint density at radius 2 is 1.30 bits per heavy atom. The maximum atomic E-state index is 11.0. The Balaban J connectivity index is 1.66. The zero-order valence-electron chi connectivity index (χ0n) is 15.2. The number of hydrogen-bond acceptors (Lipinski definition) is 5. The molecule has 0 saturated carbocycles. The average Bonchev–Trinajstić information content (AvgIpc) is 3.00. The van der Waals surface area contributed by atoms with Crippen LogP contribution in [-0.2, 0) is 6.54 Å². The summed E-state index contributed by atoms with van der Waals surface area (Å²) in [5.74, 6) is 0.0581. The number of aromatic nitrogens is 1. The van der Waals surface area contributed by atoms with Crippen LogP contribution in [0.2, 0.25) is 10.0 Å². The molecule has 0 unspecified atom stereocenters. The first-order valence-corrected chi connectivity index (χ1v) is 9.53. The van der Waals surface area contributed by atoms with Crippen molar-refractivity contribution in [3.63, 3.8) is 0 Å². The van der Waals surface area contributed by atoms with Gasteiger partial charge in [-0.1, -0.05) is 23.2 Å². The molecule has 10 heteroatoms. The summed E-state index contributed by atoms with van der Waals surface area (Å²) in [5, 5.41) is 25.1. The van der Waals surface area contributed by atoms with Gasteiger partial charge >= 0.3 is 0 Å². The van der Waals surface area contributed by atoms with E-state index < -0.39 is 21.2 Å². The van der Waals surface area contributed by atoms with Crippen molar-refractivity contribution in [1.82, 2.24) is 4.57 Å². The van der Waals surface area contributed by atoms with Crippen LogP contribution in [0.1, 0.15) is 0 Å². The van der Waals surface area contributed by atoms with Crippen molar-refractivity contribution in [1.29, 1.82) is 0 Å². The van der Waals surface area contributed by atoms with Crippen molar-refractivity contribution < 1.29 is 14.6 Å². The Morgan fingerprint density at radius 3 is 1.77 bits per heavy atom. The highest BCUT2D eigenvalue weighted by molar-refractivity contribution is 6.33. The quantitative estimate of drug-likeness (QED) is 0.267. The number of ether oxygens (including phenoxy) is 1. The highest BCUT2D eigenvalue weighted by atomic mass is 35.5. The molecule has 0 N–H and O–H groups in total. The van der Waals surface area contributed by atoms with Gasteiger partial charge in [-0.3, -0.25) is 20.2 Å². The number of halogens is 2. The van der Waals surface area contributed by atoms with Crippen molar-refractivity contribution in [2.45, 2.75) is 6.54 Å². The van der Waals surface area contributed by atoms with Gasteiger partial charge in [0, 0.05) is 31.9 Å². The first-order chi connectivity index (χ1) is 14.3. The zero-order valence-corrected chi connectivity index (χ0v) is 16.8. The summed E-state index contributed by atoms with van der Waals surface area (Å²) in [5.41, 5.74) is 1.04. The second kappa shape index (κ2) is 7.81. The fourth-order valence-corrected chi connectivity index (χ4v) is 3.75. The van der Waals surface area contributed by atoms with Crippen molar-refractivity contribution >= 4 is 56.4 Å². The van der Waals surface area contributed by atoms with Crippen LogP contribution in [-0.4, -0.2) is 21.0 Å². The van der Waals surface area contributed by atoms with Crippen LogP contribution in [0.3, 0.4) is 0 Å². The first kappa shape index (κ1) is 19.9. The van der Waals surface area contributed by atoms with Crippen LogP contribution in [0.15, 0.2) is 54.6 Å². The van der Waals surface area contributed by atoms with E-state index in [1.165, 1.54) is 12.1 Å². The molecular formula is C20H13Cl2N3O5. The molecule has 30 heavy (non-hydrogen) atoms. The number of nitro benzene ring substituents is 2. The minimum Gasteiger partial charge on any atom is -0.491 e. The monoisotopic (exact) mass is 445 g/mol. The molecule has 0 radical (unpaired) electrons. The lowest BCUT2D eigenvalue weighted by molar-refractivity contribution is -0.394. The molecule has 152 valence electrons. The number of nitrogens with zero attached hydrogens (tertiary/aromatic N) is 3. The Morgan fingerprint density at radius 1 is 0.800 bits per heavy atom. The molecule has 0 aliphatic carbocycles. The fraction of sp³-hybridized carbons (Fsp3) is 0.100. The van der Waals surface area contributed by atoms with Gasteiger partial charge in [0.15, 0.2) is 0 Å². The van der Waals surface area contributed by atoms with Gasteiger partial charge in [0.05, 0.1) is 34.6 Å². The van der Waals surface area contributed by atoms with Crippen LogP contribution < -0.4 is 4.74 Å². The maximum Gasteiger partial charge on any atom is 0.280 e. The van der Waals surface area contributed by atoms with E-state index in [0.717, 1.165) is 27.9 Å². The normalized spacial score (nSPS) is 11.1. The minimum atomic E-state index is -0.694. The van der Waals surface area contributed by atoms with Gasteiger partial charge in [-0.05, 0) is 36.4 Å². The second-order valence-electron chi connectivity index (χ2n) is 6.52. The van der Waals surface area contributed by atoms with Gasteiger partial charge in [-0.2, -0.15) is 0 Å². The summed E-state index contributed by atoms with van der Waals surface area (Å²) >= 11 is 12.3. The van der Waals surface area contributed by atoms with E-state index in [1.807, 2.05) is 28.8 Å². The van der Waals surface area contributed by atoms with E-state index in [-0.39, 0.29) is 12.4 Å². The molecular weight excluding hydrogens is 433 g/mol. The number of rotatable bonds is 6. The second-order valence-corrected chi connectivity index (χ2v) is 7.40. The van der Waals surface area contributed by atoms with Gasteiger partial charge in [0.2, 0.25) is 0 Å². The Labute approximate surface area is 179 Å². The zero-order chi connectivity index (χ0) is 21.4. The van der Waals surface area contributed by atoms with Crippen molar-refractivity contribution in [2.24, 2.45) is 0 Å². The molecule has 0 aliphatic heterocycles.